The molecule has 5 aromatic rings. The van der Waals surface area contributed by atoms with Crippen molar-refractivity contribution in [3.05, 3.63) is 72.0 Å². The predicted molar refractivity (Wildman–Crippen MR) is 147 cm³/mol. The summed E-state index contributed by atoms with van der Waals surface area (Å²) in [7, 11) is 20.5. The van der Waals surface area contributed by atoms with Crippen LogP contribution < -0.4 is 9.47 Å². The Balaban J connectivity index is 1.67. The van der Waals surface area contributed by atoms with Gasteiger partial charge in [-0.25, -0.2) is 29.3 Å². The van der Waals surface area contributed by atoms with Crippen molar-refractivity contribution < 1.29 is 13.9 Å². The topological polar surface area (TPSA) is 87.8 Å². The Morgan fingerprint density at radius 3 is 2.54 bits per heavy atom. The number of ether oxygens (including phenoxy) is 2. The van der Waals surface area contributed by atoms with Crippen molar-refractivity contribution in [3.63, 3.8) is 0 Å². The van der Waals surface area contributed by atoms with E-state index in [9.17, 15) is 0 Å². The molecule has 0 atom stereocenters. The lowest BCUT2D eigenvalue weighted by molar-refractivity contribution is 0.409. The highest BCUT2D eigenvalue weighted by molar-refractivity contribution is 6.58. The molecule has 39 heavy (non-hydrogen) atoms. The third kappa shape index (κ3) is 4.72. The van der Waals surface area contributed by atoms with Gasteiger partial charge in [-0.15, -0.1) is 6.42 Å². The van der Waals surface area contributed by atoms with E-state index in [0.29, 0.717) is 45.2 Å². The second kappa shape index (κ2) is 9.91. The van der Waals surface area contributed by atoms with Crippen LogP contribution in [0.5, 0.6) is 17.5 Å². The molecule has 0 spiro atoms. The molecule has 8 nitrogen and oxygen atoms in total. The van der Waals surface area contributed by atoms with Gasteiger partial charge in [-0.3, -0.25) is 0 Å². The Morgan fingerprint density at radius 1 is 1.05 bits per heavy atom. The summed E-state index contributed by atoms with van der Waals surface area (Å²) < 4.78 is 28.6. The number of benzene rings is 1. The summed E-state index contributed by atoms with van der Waals surface area (Å²) in [6, 6.07) is 7.47. The molecule has 0 amide bonds. The van der Waals surface area contributed by atoms with E-state index in [-0.39, 0.29) is 17.5 Å². The summed E-state index contributed by atoms with van der Waals surface area (Å²) in [5.41, 5.74) is 4.46. The first kappa shape index (κ1) is 26.0. The van der Waals surface area contributed by atoms with Gasteiger partial charge in [0.2, 0.25) is 0 Å². The highest BCUT2D eigenvalue weighted by atomic mass is 19.1. The first-order valence-corrected chi connectivity index (χ1v) is 11.6. The van der Waals surface area contributed by atoms with Gasteiger partial charge in [-0.2, -0.15) is 0 Å². The molecular formula is C27H18B3FN6O2. The van der Waals surface area contributed by atoms with Crippen molar-refractivity contribution in [2.75, 3.05) is 7.11 Å². The molecule has 6 radical (unpaired) electrons. The lowest BCUT2D eigenvalue weighted by Crippen LogP contribution is -2.28. The van der Waals surface area contributed by atoms with Crippen LogP contribution in [0.3, 0.4) is 0 Å². The smallest absolute Gasteiger partial charge is 0.322 e. The summed E-state index contributed by atoms with van der Waals surface area (Å²) in [5.74, 6) is 2.24. The Labute approximate surface area is 228 Å². The number of rotatable bonds is 6. The van der Waals surface area contributed by atoms with E-state index in [0.717, 1.165) is 5.39 Å². The number of halogens is 1. The quantitative estimate of drug-likeness (QED) is 0.256. The average Bonchev–Trinajstić information content (AvgIpc) is 3.22. The number of fused-ring (bicyclic) bond motifs is 1. The van der Waals surface area contributed by atoms with Gasteiger partial charge < -0.3 is 14.0 Å². The number of nitrogens with zero attached hydrogens (tertiary/aromatic N) is 6. The molecule has 4 aromatic heterocycles. The van der Waals surface area contributed by atoms with E-state index in [4.69, 9.17) is 39.4 Å². The second-order valence-electron chi connectivity index (χ2n) is 8.76. The van der Waals surface area contributed by atoms with Crippen molar-refractivity contribution in [2.45, 2.75) is 12.0 Å². The number of aryl methyl sites for hydroxylation is 2. The van der Waals surface area contributed by atoms with Crippen LogP contribution in [-0.2, 0) is 12.2 Å². The summed E-state index contributed by atoms with van der Waals surface area (Å²) in [4.78, 5) is 21.3. The van der Waals surface area contributed by atoms with Crippen LogP contribution in [0.4, 0.5) is 4.39 Å². The fourth-order valence-corrected chi connectivity index (χ4v) is 4.33. The summed E-state index contributed by atoms with van der Waals surface area (Å²) in [6.45, 7) is 1.86. The van der Waals surface area contributed by atoms with E-state index in [1.165, 1.54) is 30.7 Å². The molecule has 0 bridgehead atoms. The van der Waals surface area contributed by atoms with E-state index in [1.807, 2.05) is 18.5 Å². The van der Waals surface area contributed by atoms with Crippen LogP contribution in [0.15, 0.2) is 49.1 Å². The fraction of sp³-hybridized carbons (Fsp3) is 0.148. The maximum absolute atomic E-state index is 15.5. The molecule has 4 heterocycles. The van der Waals surface area contributed by atoms with Crippen LogP contribution in [0.25, 0.3) is 33.4 Å². The minimum absolute atomic E-state index is 0.111. The molecule has 12 heteroatoms. The molecular weight excluding hydrogens is 492 g/mol. The van der Waals surface area contributed by atoms with Crippen LogP contribution >= 0.6 is 0 Å². The Morgan fingerprint density at radius 2 is 1.85 bits per heavy atom. The zero-order valence-electron chi connectivity index (χ0n) is 21.3. The van der Waals surface area contributed by atoms with Gasteiger partial charge in [-0.05, 0) is 30.7 Å². The van der Waals surface area contributed by atoms with Gasteiger partial charge >= 0.3 is 6.01 Å². The highest BCUT2D eigenvalue weighted by Gasteiger charge is 2.25. The average molecular weight is 510 g/mol. The minimum Gasteiger partial charge on any atom is -0.496 e. The largest absolute Gasteiger partial charge is 0.496 e. The van der Waals surface area contributed by atoms with Gasteiger partial charge in [-0.1, -0.05) is 17.1 Å². The number of pyridine rings is 1. The number of aromatic nitrogens is 6. The molecule has 0 fully saturated rings. The number of hydrogen-bond donors (Lipinski definition) is 0. The van der Waals surface area contributed by atoms with Gasteiger partial charge in [0.25, 0.3) is 0 Å². The third-order valence-electron chi connectivity index (χ3n) is 6.14. The molecule has 1 aromatic carbocycles. The molecule has 0 saturated carbocycles. The summed E-state index contributed by atoms with van der Waals surface area (Å²) in [6.07, 6.45) is 10.0. The van der Waals surface area contributed by atoms with Gasteiger partial charge in [0, 0.05) is 42.2 Å². The molecule has 0 unspecified atom stereocenters. The third-order valence-corrected chi connectivity index (χ3v) is 6.14. The molecule has 0 aliphatic carbocycles. The first-order chi connectivity index (χ1) is 18.6. The molecule has 5 rings (SSSR count). The lowest BCUT2D eigenvalue weighted by atomic mass is 9.41. The van der Waals surface area contributed by atoms with Crippen molar-refractivity contribution in [2.24, 2.45) is 7.05 Å². The second-order valence-corrected chi connectivity index (χ2v) is 8.76. The maximum Gasteiger partial charge on any atom is 0.322 e. The standard InChI is InChI=1S/C27H18B3FN6O2/c1-5-16-11-20(38-4)17(12-33-16)24-23(22-14(2)34-13-35-25(22)37(24)3)15-6-7-19(18(31)10-15)39-26-32-9-8-21(36-26)27(28,29)30/h1,6-13H,2-4H3. The maximum atomic E-state index is 15.5. The molecule has 0 aliphatic heterocycles. The monoisotopic (exact) mass is 510 g/mol. The number of terminal acetylenes is 1. The summed E-state index contributed by atoms with van der Waals surface area (Å²) >= 11 is 0. The van der Waals surface area contributed by atoms with E-state index < -0.39 is 10.9 Å². The van der Waals surface area contributed by atoms with Crippen LogP contribution in [0.1, 0.15) is 17.1 Å². The van der Waals surface area contributed by atoms with E-state index in [1.54, 1.807) is 25.4 Å². The Kier molecular flexibility index (Phi) is 6.60. The molecule has 0 saturated heterocycles. The minimum atomic E-state index is -1.71. The molecule has 0 aliphatic rings. The first-order valence-electron chi connectivity index (χ1n) is 11.6. The Hall–Kier alpha value is -4.65. The van der Waals surface area contributed by atoms with Gasteiger partial charge in [0.1, 0.15) is 23.4 Å². The zero-order chi connectivity index (χ0) is 27.9. The van der Waals surface area contributed by atoms with Crippen LogP contribution in [-0.4, -0.2) is 60.1 Å². The normalized spacial score (nSPS) is 11.4. The molecule has 0 N–H and O–H groups in total. The van der Waals surface area contributed by atoms with Crippen LogP contribution in [0, 0.1) is 25.1 Å². The number of methoxy groups -OCH3 is 1. The van der Waals surface area contributed by atoms with Crippen LogP contribution in [0.2, 0.25) is 0 Å². The molecule has 184 valence electrons. The van der Waals surface area contributed by atoms with E-state index >= 15 is 4.39 Å². The lowest BCUT2D eigenvalue weighted by Gasteiger charge is -2.19. The van der Waals surface area contributed by atoms with E-state index in [2.05, 4.69) is 30.8 Å². The Bertz CT molecular complexity index is 1780. The predicted octanol–water partition coefficient (Wildman–Crippen LogP) is 3.33. The van der Waals surface area contributed by atoms with Crippen molar-refractivity contribution in [1.29, 1.82) is 0 Å². The van der Waals surface area contributed by atoms with Gasteiger partial charge in [0.05, 0.1) is 47.6 Å². The van der Waals surface area contributed by atoms with Crippen molar-refractivity contribution >= 4 is 34.6 Å². The summed E-state index contributed by atoms with van der Waals surface area (Å²) in [5, 5.41) is -0.963. The fourth-order valence-electron chi connectivity index (χ4n) is 4.33. The van der Waals surface area contributed by atoms with Crippen molar-refractivity contribution in [3.8, 4) is 52.2 Å². The number of hydrogen-bond acceptors (Lipinski definition) is 7. The van der Waals surface area contributed by atoms with Crippen molar-refractivity contribution in [1.82, 2.24) is 29.5 Å². The highest BCUT2D eigenvalue weighted by Crippen LogP contribution is 2.44. The SMILES string of the molecule is [B]C([B])([B])c1ccnc(Oc2ccc(-c3c(-c4cnc(C#C)cc4OC)n(C)c4ncnc(C)c34)cc2F)n1. The zero-order valence-corrected chi connectivity index (χ0v) is 21.3. The van der Waals surface area contributed by atoms with Gasteiger partial charge in [0.15, 0.2) is 11.6 Å².